The smallest absolute Gasteiger partial charge is 0.0225 e. The van der Waals surface area contributed by atoms with Crippen LogP contribution in [0.15, 0.2) is 17.9 Å². The van der Waals surface area contributed by atoms with E-state index in [-0.39, 0.29) is 0 Å². The van der Waals surface area contributed by atoms with Crippen molar-refractivity contribution >= 4 is 0 Å². The maximum atomic E-state index is 3.05. The fraction of sp³-hybridized carbons (Fsp3) is 0.667. The van der Waals surface area contributed by atoms with Crippen LogP contribution in [0.3, 0.4) is 0 Å². The van der Waals surface area contributed by atoms with Crippen LogP contribution in [-0.2, 0) is 0 Å². The van der Waals surface area contributed by atoms with Gasteiger partial charge in [-0.1, -0.05) is 20.8 Å². The number of hydrogen-bond donors (Lipinski definition) is 0. The van der Waals surface area contributed by atoms with E-state index in [1.54, 1.807) is 0 Å². The Morgan fingerprint density at radius 1 is 1.33 bits per heavy atom. The van der Waals surface area contributed by atoms with Gasteiger partial charge in [0, 0.05) is 0 Å². The highest BCUT2D eigenvalue weighted by molar-refractivity contribution is 4.85. The van der Waals surface area contributed by atoms with Crippen LogP contribution in [-0.4, -0.2) is 0 Å². The number of hydrogen-bond acceptors (Lipinski definition) is 0. The van der Waals surface area contributed by atoms with Crippen LogP contribution >= 0.6 is 0 Å². The second kappa shape index (κ2) is 3.53. The third-order valence-electron chi connectivity index (χ3n) is 0.999. The summed E-state index contributed by atoms with van der Waals surface area (Å²) in [7, 11) is 0. The Labute approximate surface area is 58.3 Å². The van der Waals surface area contributed by atoms with Gasteiger partial charge in [-0.3, -0.25) is 0 Å². The first kappa shape index (κ1) is 8.52. The summed E-state index contributed by atoms with van der Waals surface area (Å²) in [6, 6.07) is 0. The lowest BCUT2D eigenvalue weighted by Crippen LogP contribution is -2.01. The van der Waals surface area contributed by atoms with Gasteiger partial charge in [-0.2, -0.15) is 0 Å². The van der Waals surface area contributed by atoms with E-state index in [9.17, 15) is 0 Å². The highest BCUT2D eigenvalue weighted by Gasteiger charge is 2.05. The Balaban J connectivity index is 3.64. The SMILES string of the molecule is CC=C=CCC(C)(C)C. The predicted octanol–water partition coefficient (Wildman–Crippen LogP) is 3.15. The molecule has 0 aromatic rings. The van der Waals surface area contributed by atoms with Crippen LogP contribution in [0.25, 0.3) is 0 Å². The van der Waals surface area contributed by atoms with Gasteiger partial charge in [-0.05, 0) is 30.9 Å². The zero-order valence-electron chi connectivity index (χ0n) is 6.86. The fourth-order valence-corrected chi connectivity index (χ4v) is 0.483. The van der Waals surface area contributed by atoms with Gasteiger partial charge in [-0.15, -0.1) is 5.73 Å². The van der Waals surface area contributed by atoms with Crippen molar-refractivity contribution in [1.29, 1.82) is 0 Å². The molecule has 0 radical (unpaired) electrons. The molecule has 0 saturated carbocycles. The summed E-state index contributed by atoms with van der Waals surface area (Å²) < 4.78 is 0. The minimum atomic E-state index is 0.413. The van der Waals surface area contributed by atoms with E-state index in [1.165, 1.54) is 0 Å². The van der Waals surface area contributed by atoms with Crippen molar-refractivity contribution in [1.82, 2.24) is 0 Å². The van der Waals surface area contributed by atoms with E-state index < -0.39 is 0 Å². The summed E-state index contributed by atoms with van der Waals surface area (Å²) in [6.45, 7) is 8.65. The van der Waals surface area contributed by atoms with Crippen LogP contribution < -0.4 is 0 Å². The topological polar surface area (TPSA) is 0 Å². The van der Waals surface area contributed by atoms with Gasteiger partial charge in [0.15, 0.2) is 0 Å². The van der Waals surface area contributed by atoms with Gasteiger partial charge >= 0.3 is 0 Å². The molecular weight excluding hydrogens is 108 g/mol. The minimum Gasteiger partial charge on any atom is -0.130 e. The molecule has 0 bridgehead atoms. The summed E-state index contributed by atoms with van der Waals surface area (Å²) in [6.07, 6.45) is 5.13. The van der Waals surface area contributed by atoms with Gasteiger partial charge in [0.2, 0.25) is 0 Å². The molecule has 0 spiro atoms. The van der Waals surface area contributed by atoms with E-state index in [1.807, 2.05) is 13.0 Å². The zero-order chi connectivity index (χ0) is 7.33. The lowest BCUT2D eigenvalue weighted by Gasteiger charge is -2.13. The normalized spacial score (nSPS) is 10.2. The molecule has 0 aromatic carbocycles. The monoisotopic (exact) mass is 124 g/mol. The summed E-state index contributed by atoms with van der Waals surface area (Å²) in [4.78, 5) is 0. The largest absolute Gasteiger partial charge is 0.130 e. The van der Waals surface area contributed by atoms with Gasteiger partial charge in [0.1, 0.15) is 0 Å². The molecule has 0 fully saturated rings. The van der Waals surface area contributed by atoms with Crippen molar-refractivity contribution in [3.05, 3.63) is 17.9 Å². The zero-order valence-corrected chi connectivity index (χ0v) is 6.86. The molecule has 0 unspecified atom stereocenters. The Bertz CT molecular complexity index is 117. The molecule has 0 saturated heterocycles. The van der Waals surface area contributed by atoms with E-state index in [2.05, 4.69) is 32.6 Å². The molecule has 0 heteroatoms. The predicted molar refractivity (Wildman–Crippen MR) is 42.4 cm³/mol. The van der Waals surface area contributed by atoms with Gasteiger partial charge in [0.25, 0.3) is 0 Å². The van der Waals surface area contributed by atoms with Crippen molar-refractivity contribution in [2.75, 3.05) is 0 Å². The average Bonchev–Trinajstić information content (AvgIpc) is 1.63. The van der Waals surface area contributed by atoms with Crippen LogP contribution in [0, 0.1) is 5.41 Å². The first-order chi connectivity index (χ1) is 4.06. The first-order valence-electron chi connectivity index (χ1n) is 3.42. The van der Waals surface area contributed by atoms with Gasteiger partial charge in [-0.25, -0.2) is 0 Å². The molecule has 0 aliphatic heterocycles. The van der Waals surface area contributed by atoms with Crippen LogP contribution in [0.1, 0.15) is 34.1 Å². The molecule has 0 atom stereocenters. The minimum absolute atomic E-state index is 0.413. The molecule has 0 amide bonds. The molecule has 0 nitrogen and oxygen atoms in total. The van der Waals surface area contributed by atoms with E-state index in [0.717, 1.165) is 6.42 Å². The molecule has 9 heavy (non-hydrogen) atoms. The Kier molecular flexibility index (Phi) is 3.34. The molecule has 0 aliphatic rings. The quantitative estimate of drug-likeness (QED) is 0.471. The third-order valence-corrected chi connectivity index (χ3v) is 0.999. The van der Waals surface area contributed by atoms with Crippen LogP contribution in [0.2, 0.25) is 0 Å². The average molecular weight is 124 g/mol. The second-order valence-electron chi connectivity index (χ2n) is 3.42. The Morgan fingerprint density at radius 2 is 1.89 bits per heavy atom. The molecule has 0 rings (SSSR count). The van der Waals surface area contributed by atoms with E-state index in [0.29, 0.717) is 5.41 Å². The molecule has 0 N–H and O–H groups in total. The van der Waals surface area contributed by atoms with Crippen molar-refractivity contribution in [2.45, 2.75) is 34.1 Å². The van der Waals surface area contributed by atoms with E-state index in [4.69, 9.17) is 0 Å². The third kappa shape index (κ3) is 7.52. The Morgan fingerprint density at radius 3 is 2.22 bits per heavy atom. The standard InChI is InChI=1S/C9H16/c1-5-6-7-8-9(2,3)4/h5,7H,8H2,1-4H3. The van der Waals surface area contributed by atoms with Crippen LogP contribution in [0.5, 0.6) is 0 Å². The molecule has 0 aromatic heterocycles. The highest BCUT2D eigenvalue weighted by Crippen LogP contribution is 2.17. The van der Waals surface area contributed by atoms with Crippen molar-refractivity contribution in [3.8, 4) is 0 Å². The highest BCUT2D eigenvalue weighted by atomic mass is 14.1. The van der Waals surface area contributed by atoms with Gasteiger partial charge in [0.05, 0.1) is 0 Å². The maximum absolute atomic E-state index is 3.05. The van der Waals surface area contributed by atoms with E-state index >= 15 is 0 Å². The van der Waals surface area contributed by atoms with Crippen molar-refractivity contribution in [3.63, 3.8) is 0 Å². The second-order valence-corrected chi connectivity index (χ2v) is 3.42. The number of allylic oxidation sites excluding steroid dienone is 1. The molecule has 0 heterocycles. The first-order valence-corrected chi connectivity index (χ1v) is 3.42. The molecule has 52 valence electrons. The van der Waals surface area contributed by atoms with Crippen LogP contribution in [0.4, 0.5) is 0 Å². The van der Waals surface area contributed by atoms with Gasteiger partial charge < -0.3 is 0 Å². The summed E-state index contributed by atoms with van der Waals surface area (Å²) >= 11 is 0. The summed E-state index contributed by atoms with van der Waals surface area (Å²) in [5, 5.41) is 0. The molecular formula is C9H16. The number of rotatable bonds is 1. The lowest BCUT2D eigenvalue weighted by molar-refractivity contribution is 0.421. The fourth-order valence-electron chi connectivity index (χ4n) is 0.483. The maximum Gasteiger partial charge on any atom is -0.0225 e. The Hall–Kier alpha value is -0.480. The van der Waals surface area contributed by atoms with Crippen molar-refractivity contribution < 1.29 is 0 Å². The lowest BCUT2D eigenvalue weighted by atomic mass is 9.92. The summed E-state index contributed by atoms with van der Waals surface area (Å²) in [5.41, 5.74) is 3.47. The molecule has 0 aliphatic carbocycles. The van der Waals surface area contributed by atoms with Crippen molar-refractivity contribution in [2.24, 2.45) is 5.41 Å². The summed E-state index contributed by atoms with van der Waals surface area (Å²) in [5.74, 6) is 0.